The first kappa shape index (κ1) is 18.6. The lowest BCUT2D eigenvalue weighted by Gasteiger charge is -2.10. The third-order valence-corrected chi connectivity index (χ3v) is 4.26. The Morgan fingerprint density at radius 1 is 1.05 bits per heavy atom. The Bertz CT molecular complexity index is 472. The van der Waals surface area contributed by atoms with Crippen LogP contribution in [0.15, 0.2) is 29.2 Å². The van der Waals surface area contributed by atoms with Crippen molar-refractivity contribution in [3.05, 3.63) is 24.3 Å². The van der Waals surface area contributed by atoms with Crippen LogP contribution in [0.1, 0.15) is 45.4 Å². The fourth-order valence-electron chi connectivity index (χ4n) is 1.91. The van der Waals surface area contributed by atoms with E-state index in [1.807, 2.05) is 24.3 Å². The van der Waals surface area contributed by atoms with Gasteiger partial charge in [-0.1, -0.05) is 32.6 Å². The van der Waals surface area contributed by atoms with Crippen molar-refractivity contribution in [2.24, 2.45) is 0 Å². The smallest absolute Gasteiger partial charge is 0.285 e. The molecule has 4 nitrogen and oxygen atoms in total. The largest absolute Gasteiger partial charge is 0.339 e. The fourth-order valence-corrected chi connectivity index (χ4v) is 2.57. The summed E-state index contributed by atoms with van der Waals surface area (Å²) in [4.78, 5) is 25.8. The third-order valence-electron chi connectivity index (χ3n) is 3.22. The Kier molecular flexibility index (Phi) is 8.67. The van der Waals surface area contributed by atoms with E-state index in [0.29, 0.717) is 6.42 Å². The van der Waals surface area contributed by atoms with Crippen LogP contribution in [0.3, 0.4) is 0 Å². The number of nitrogens with zero attached hydrogens (tertiary/aromatic N) is 1. The van der Waals surface area contributed by atoms with Crippen LogP contribution in [-0.2, 0) is 4.79 Å². The molecule has 0 aliphatic rings. The zero-order chi connectivity index (χ0) is 16.4. The van der Waals surface area contributed by atoms with Gasteiger partial charge in [0.1, 0.15) is 0 Å². The molecule has 0 radical (unpaired) electrons. The Labute approximate surface area is 137 Å². The molecule has 0 aliphatic heterocycles. The number of thioether (sulfide) groups is 1. The highest BCUT2D eigenvalue weighted by Crippen LogP contribution is 2.22. The second kappa shape index (κ2) is 10.3. The van der Waals surface area contributed by atoms with Crippen LogP contribution in [0.2, 0.25) is 0 Å². The van der Waals surface area contributed by atoms with Crippen molar-refractivity contribution in [2.75, 3.05) is 19.4 Å². The molecule has 0 unspecified atom stereocenters. The van der Waals surface area contributed by atoms with Crippen molar-refractivity contribution < 1.29 is 9.59 Å². The number of carbonyl (C=O) groups excluding carboxylic acids is 2. The molecule has 0 aromatic heterocycles. The van der Waals surface area contributed by atoms with E-state index in [1.165, 1.54) is 31.0 Å². The number of amides is 2. The lowest BCUT2D eigenvalue weighted by Crippen LogP contribution is -2.16. The topological polar surface area (TPSA) is 49.4 Å². The van der Waals surface area contributed by atoms with E-state index in [4.69, 9.17) is 0 Å². The van der Waals surface area contributed by atoms with Crippen LogP contribution in [0.25, 0.3) is 0 Å². The number of hydrogen-bond acceptors (Lipinski definition) is 3. The van der Waals surface area contributed by atoms with Crippen LogP contribution in [0.4, 0.5) is 10.5 Å². The molecular weight excluding hydrogens is 296 g/mol. The van der Waals surface area contributed by atoms with Crippen molar-refractivity contribution in [2.45, 2.75) is 50.3 Å². The zero-order valence-corrected chi connectivity index (χ0v) is 14.5. The Hall–Kier alpha value is -1.49. The van der Waals surface area contributed by atoms with Crippen molar-refractivity contribution in [3.63, 3.8) is 0 Å². The summed E-state index contributed by atoms with van der Waals surface area (Å²) < 4.78 is 0. The van der Waals surface area contributed by atoms with Crippen LogP contribution >= 0.6 is 11.8 Å². The molecule has 0 saturated carbocycles. The summed E-state index contributed by atoms with van der Waals surface area (Å²) >= 11 is 1.18. The third kappa shape index (κ3) is 7.50. The average Bonchev–Trinajstić information content (AvgIpc) is 2.49. The maximum absolute atomic E-state index is 11.8. The first-order valence-corrected chi connectivity index (χ1v) is 8.63. The first-order chi connectivity index (χ1) is 10.5. The molecule has 0 aliphatic carbocycles. The predicted molar refractivity (Wildman–Crippen MR) is 93.4 cm³/mol. The van der Waals surface area contributed by atoms with Gasteiger partial charge in [0.2, 0.25) is 5.91 Å². The first-order valence-electron chi connectivity index (χ1n) is 7.82. The predicted octanol–water partition coefficient (Wildman–Crippen LogP) is 4.76. The lowest BCUT2D eigenvalue weighted by atomic mass is 10.1. The minimum absolute atomic E-state index is 0.0103. The number of benzene rings is 1. The molecule has 0 heterocycles. The van der Waals surface area contributed by atoms with Gasteiger partial charge in [0.05, 0.1) is 0 Å². The van der Waals surface area contributed by atoms with Gasteiger partial charge in [-0.3, -0.25) is 9.59 Å². The molecule has 5 heteroatoms. The number of unbranched alkanes of at least 4 members (excludes halogenated alkanes) is 4. The number of hydrogen-bond donors (Lipinski definition) is 1. The molecule has 1 aromatic rings. The van der Waals surface area contributed by atoms with E-state index in [1.54, 1.807) is 19.0 Å². The molecule has 0 spiro atoms. The molecule has 122 valence electrons. The van der Waals surface area contributed by atoms with Gasteiger partial charge in [0.25, 0.3) is 5.24 Å². The zero-order valence-electron chi connectivity index (χ0n) is 13.7. The number of anilines is 1. The minimum atomic E-state index is -0.0103. The van der Waals surface area contributed by atoms with Gasteiger partial charge in [-0.25, -0.2) is 0 Å². The summed E-state index contributed by atoms with van der Waals surface area (Å²) in [5, 5.41) is 2.88. The van der Waals surface area contributed by atoms with Crippen molar-refractivity contribution >= 4 is 28.6 Å². The quantitative estimate of drug-likeness (QED) is 0.554. The Morgan fingerprint density at radius 3 is 2.27 bits per heavy atom. The van der Waals surface area contributed by atoms with Gasteiger partial charge in [0, 0.05) is 31.1 Å². The maximum Gasteiger partial charge on any atom is 0.285 e. The van der Waals surface area contributed by atoms with E-state index in [9.17, 15) is 9.59 Å². The molecule has 1 aromatic carbocycles. The summed E-state index contributed by atoms with van der Waals surface area (Å²) in [7, 11) is 3.45. The molecule has 0 bridgehead atoms. The second-order valence-electron chi connectivity index (χ2n) is 5.50. The van der Waals surface area contributed by atoms with E-state index in [-0.39, 0.29) is 11.1 Å². The average molecular weight is 322 g/mol. The van der Waals surface area contributed by atoms with E-state index in [0.717, 1.165) is 23.4 Å². The molecule has 1 rings (SSSR count). The van der Waals surface area contributed by atoms with E-state index < -0.39 is 0 Å². The van der Waals surface area contributed by atoms with Crippen molar-refractivity contribution in [3.8, 4) is 0 Å². The number of carbonyl (C=O) groups is 2. The molecule has 1 N–H and O–H groups in total. The molecular formula is C17H26N2O2S. The summed E-state index contributed by atoms with van der Waals surface area (Å²) in [5.41, 5.74) is 0.778. The number of nitrogens with one attached hydrogen (secondary N) is 1. The summed E-state index contributed by atoms with van der Waals surface area (Å²) in [6.07, 6.45) is 6.29. The monoisotopic (exact) mass is 322 g/mol. The number of rotatable bonds is 8. The molecule has 0 saturated heterocycles. The van der Waals surface area contributed by atoms with Crippen molar-refractivity contribution in [1.82, 2.24) is 4.90 Å². The van der Waals surface area contributed by atoms with E-state index >= 15 is 0 Å². The van der Waals surface area contributed by atoms with Gasteiger partial charge < -0.3 is 10.2 Å². The highest BCUT2D eigenvalue weighted by Gasteiger charge is 2.07. The van der Waals surface area contributed by atoms with Gasteiger partial charge in [0.15, 0.2) is 0 Å². The van der Waals surface area contributed by atoms with Crippen LogP contribution < -0.4 is 5.32 Å². The second-order valence-corrected chi connectivity index (χ2v) is 6.52. The van der Waals surface area contributed by atoms with Crippen LogP contribution in [0, 0.1) is 0 Å². The lowest BCUT2D eigenvalue weighted by molar-refractivity contribution is -0.116. The standard InChI is InChI=1S/C17H26N2O2S/c1-4-5-6-7-8-9-16(20)18-14-10-12-15(13-11-14)22-17(21)19(2)3/h10-13H,4-9H2,1-3H3,(H,18,20). The summed E-state index contributed by atoms with van der Waals surface area (Å²) in [6, 6.07) is 7.37. The van der Waals surface area contributed by atoms with Crippen molar-refractivity contribution in [1.29, 1.82) is 0 Å². The molecule has 2 amide bonds. The minimum Gasteiger partial charge on any atom is -0.339 e. The van der Waals surface area contributed by atoms with Gasteiger partial charge in [-0.2, -0.15) is 0 Å². The van der Waals surface area contributed by atoms with E-state index in [2.05, 4.69) is 12.2 Å². The molecule has 0 fully saturated rings. The van der Waals surface area contributed by atoms with Crippen LogP contribution in [-0.4, -0.2) is 30.1 Å². The molecule has 22 heavy (non-hydrogen) atoms. The Morgan fingerprint density at radius 2 is 1.68 bits per heavy atom. The van der Waals surface area contributed by atoms with Gasteiger partial charge >= 0.3 is 0 Å². The SMILES string of the molecule is CCCCCCCC(=O)Nc1ccc(SC(=O)N(C)C)cc1. The fraction of sp³-hybridized carbons (Fsp3) is 0.529. The normalized spacial score (nSPS) is 10.3. The maximum atomic E-state index is 11.8. The van der Waals surface area contributed by atoms with Crippen LogP contribution in [0.5, 0.6) is 0 Å². The highest BCUT2D eigenvalue weighted by atomic mass is 32.2. The Balaban J connectivity index is 2.34. The van der Waals surface area contributed by atoms with Gasteiger partial charge in [-0.15, -0.1) is 0 Å². The summed E-state index contributed by atoms with van der Waals surface area (Å²) in [5.74, 6) is 0.0567. The summed E-state index contributed by atoms with van der Waals surface area (Å²) in [6.45, 7) is 2.18. The highest BCUT2D eigenvalue weighted by molar-refractivity contribution is 8.13. The molecule has 0 atom stereocenters. The van der Waals surface area contributed by atoms with Gasteiger partial charge in [-0.05, 0) is 42.4 Å².